The van der Waals surface area contributed by atoms with Gasteiger partial charge >= 0.3 is 0 Å². The van der Waals surface area contributed by atoms with Crippen LogP contribution in [0, 0.1) is 0 Å². The highest BCUT2D eigenvalue weighted by Gasteiger charge is 2.35. The zero-order chi connectivity index (χ0) is 14.7. The highest BCUT2D eigenvalue weighted by Crippen LogP contribution is 2.23. The molecule has 3 nitrogen and oxygen atoms in total. The van der Waals surface area contributed by atoms with Crippen molar-refractivity contribution < 1.29 is 9.90 Å². The van der Waals surface area contributed by atoms with E-state index in [9.17, 15) is 9.90 Å². The number of aliphatic hydroxyl groups excluding tert-OH is 1. The van der Waals surface area contributed by atoms with E-state index in [2.05, 4.69) is 0 Å². The molecule has 110 valence electrons. The van der Waals surface area contributed by atoms with Gasteiger partial charge in [0.1, 0.15) is 0 Å². The summed E-state index contributed by atoms with van der Waals surface area (Å²) in [5.41, 5.74) is 1.16. The molecular weight excluding hydrogens is 282 g/mol. The van der Waals surface area contributed by atoms with Crippen LogP contribution in [0.25, 0.3) is 0 Å². The molecule has 0 radical (unpaired) electrons. The summed E-state index contributed by atoms with van der Waals surface area (Å²) in [7, 11) is 0. The molecule has 0 saturated carbocycles. The Morgan fingerprint density at radius 2 is 2.05 bits per heavy atom. The zero-order valence-corrected chi connectivity index (χ0v) is 12.6. The average Bonchev–Trinajstić information content (AvgIpc) is 3.11. The summed E-state index contributed by atoms with van der Waals surface area (Å²) in [5, 5.41) is 12.2. The highest BCUT2D eigenvalue weighted by atomic mass is 32.1. The monoisotopic (exact) mass is 301 g/mol. The minimum absolute atomic E-state index is 0.0973. The lowest BCUT2D eigenvalue weighted by atomic mass is 10.0. The van der Waals surface area contributed by atoms with Crippen molar-refractivity contribution in [3.63, 3.8) is 0 Å². The van der Waals surface area contributed by atoms with E-state index in [1.54, 1.807) is 11.3 Å². The second kappa shape index (κ2) is 6.41. The van der Waals surface area contributed by atoms with Gasteiger partial charge in [-0.2, -0.15) is 0 Å². The minimum atomic E-state index is -0.419. The van der Waals surface area contributed by atoms with Gasteiger partial charge in [0.15, 0.2) is 0 Å². The molecule has 0 aliphatic carbocycles. The molecule has 2 atom stereocenters. The van der Waals surface area contributed by atoms with Crippen LogP contribution in [0.2, 0.25) is 0 Å². The smallest absolute Gasteiger partial charge is 0.228 e. The number of likely N-dealkylation sites (tertiary alicyclic amines) is 1. The molecule has 1 aromatic heterocycles. The van der Waals surface area contributed by atoms with Crippen molar-refractivity contribution in [2.45, 2.75) is 31.4 Å². The third-order valence-electron chi connectivity index (χ3n) is 4.02. The number of benzene rings is 1. The number of carbonyl (C=O) groups excluding carboxylic acids is 1. The Bertz CT molecular complexity index is 582. The fraction of sp³-hybridized carbons (Fsp3) is 0.353. The third kappa shape index (κ3) is 3.34. The predicted octanol–water partition coefficient (Wildman–Crippen LogP) is 2.50. The molecule has 1 amide bonds. The summed E-state index contributed by atoms with van der Waals surface area (Å²) in [5.74, 6) is 0.120. The maximum Gasteiger partial charge on any atom is 0.228 e. The Hall–Kier alpha value is -1.65. The summed E-state index contributed by atoms with van der Waals surface area (Å²) < 4.78 is 0. The normalized spacial score (nSPS) is 21.7. The molecule has 4 heteroatoms. The van der Waals surface area contributed by atoms with Crippen molar-refractivity contribution in [3.8, 4) is 0 Å². The molecule has 1 aromatic carbocycles. The predicted molar refractivity (Wildman–Crippen MR) is 84.3 cm³/mol. The number of rotatable bonds is 4. The second-order valence-electron chi connectivity index (χ2n) is 5.46. The molecule has 1 aliphatic heterocycles. The summed E-state index contributed by atoms with van der Waals surface area (Å²) in [4.78, 5) is 15.4. The third-order valence-corrected chi connectivity index (χ3v) is 4.90. The Balaban J connectivity index is 1.70. The number of hydrogen-bond donors (Lipinski definition) is 1. The molecule has 0 bridgehead atoms. The molecular formula is C17H19NO2S. The largest absolute Gasteiger partial charge is 0.391 e. The molecule has 0 spiro atoms. The molecule has 1 N–H and O–H groups in total. The summed E-state index contributed by atoms with van der Waals surface area (Å²) in [6.45, 7) is 0.656. The van der Waals surface area contributed by atoms with Crippen LogP contribution in [0.1, 0.15) is 16.9 Å². The first kappa shape index (κ1) is 14.3. The molecule has 0 unspecified atom stereocenters. The lowest BCUT2D eigenvalue weighted by molar-refractivity contribution is -0.132. The molecule has 1 fully saturated rings. The number of aliphatic hydroxyl groups is 1. The van der Waals surface area contributed by atoms with Gasteiger partial charge in [0.25, 0.3) is 0 Å². The number of hydrogen-bond acceptors (Lipinski definition) is 3. The van der Waals surface area contributed by atoms with Gasteiger partial charge in [0, 0.05) is 11.4 Å². The molecule has 21 heavy (non-hydrogen) atoms. The Morgan fingerprint density at radius 3 is 2.76 bits per heavy atom. The summed E-state index contributed by atoms with van der Waals surface area (Å²) in [6.07, 6.45) is 1.42. The van der Waals surface area contributed by atoms with Gasteiger partial charge < -0.3 is 10.0 Å². The van der Waals surface area contributed by atoms with Crippen LogP contribution >= 0.6 is 11.3 Å². The van der Waals surface area contributed by atoms with Crippen molar-refractivity contribution in [3.05, 3.63) is 58.3 Å². The van der Waals surface area contributed by atoms with E-state index in [-0.39, 0.29) is 11.9 Å². The van der Waals surface area contributed by atoms with Gasteiger partial charge in [0.2, 0.25) is 5.91 Å². The number of nitrogens with zero attached hydrogens (tertiary/aromatic N) is 1. The number of amides is 1. The van der Waals surface area contributed by atoms with Gasteiger partial charge in [-0.15, -0.1) is 11.3 Å². The molecule has 2 aromatic rings. The lowest BCUT2D eigenvalue weighted by Crippen LogP contribution is -2.41. The number of thiophene rings is 1. The Kier molecular flexibility index (Phi) is 4.36. The first-order chi connectivity index (χ1) is 10.2. The van der Waals surface area contributed by atoms with E-state index >= 15 is 0 Å². The molecule has 2 heterocycles. The van der Waals surface area contributed by atoms with E-state index in [1.807, 2.05) is 52.7 Å². The van der Waals surface area contributed by atoms with Crippen LogP contribution in [0.5, 0.6) is 0 Å². The van der Waals surface area contributed by atoms with Crippen molar-refractivity contribution >= 4 is 17.2 Å². The van der Waals surface area contributed by atoms with Crippen molar-refractivity contribution in [1.82, 2.24) is 4.90 Å². The molecule has 3 rings (SSSR count). The first-order valence-electron chi connectivity index (χ1n) is 7.28. The van der Waals surface area contributed by atoms with Gasteiger partial charge in [-0.25, -0.2) is 0 Å². The maximum absolute atomic E-state index is 12.5. The van der Waals surface area contributed by atoms with Crippen LogP contribution < -0.4 is 0 Å². The van der Waals surface area contributed by atoms with Crippen LogP contribution in [0.3, 0.4) is 0 Å². The lowest BCUT2D eigenvalue weighted by Gasteiger charge is -2.26. The Morgan fingerprint density at radius 1 is 1.24 bits per heavy atom. The minimum Gasteiger partial charge on any atom is -0.391 e. The standard InChI is InChI=1S/C17H19NO2S/c19-16-8-9-18(17(20)12-14-7-4-10-21-14)15(16)11-13-5-2-1-3-6-13/h1-7,10,15-16,19H,8-9,11-12H2/t15-,16-/m0/s1. The average molecular weight is 301 g/mol. The zero-order valence-electron chi connectivity index (χ0n) is 11.8. The van der Waals surface area contributed by atoms with Gasteiger partial charge in [-0.1, -0.05) is 36.4 Å². The molecule has 1 aliphatic rings. The second-order valence-corrected chi connectivity index (χ2v) is 6.49. The topological polar surface area (TPSA) is 40.5 Å². The fourth-order valence-corrected chi connectivity index (χ4v) is 3.61. The quantitative estimate of drug-likeness (QED) is 0.942. The first-order valence-corrected chi connectivity index (χ1v) is 8.16. The van der Waals surface area contributed by atoms with Gasteiger partial charge in [-0.3, -0.25) is 4.79 Å². The van der Waals surface area contributed by atoms with E-state index in [0.717, 1.165) is 16.9 Å². The van der Waals surface area contributed by atoms with Crippen molar-refractivity contribution in [2.75, 3.05) is 6.54 Å². The SMILES string of the molecule is O=C(Cc1cccs1)N1CC[C@H](O)[C@@H]1Cc1ccccc1. The van der Waals surface area contributed by atoms with Crippen molar-refractivity contribution in [2.24, 2.45) is 0 Å². The van der Waals surface area contributed by atoms with E-state index in [4.69, 9.17) is 0 Å². The van der Waals surface area contributed by atoms with Gasteiger partial charge in [-0.05, 0) is 29.9 Å². The van der Waals surface area contributed by atoms with E-state index in [0.29, 0.717) is 19.4 Å². The van der Waals surface area contributed by atoms with Gasteiger partial charge in [0.05, 0.1) is 18.6 Å². The van der Waals surface area contributed by atoms with Crippen LogP contribution in [0.15, 0.2) is 47.8 Å². The maximum atomic E-state index is 12.5. The van der Waals surface area contributed by atoms with Crippen LogP contribution in [0.4, 0.5) is 0 Å². The summed E-state index contributed by atoms with van der Waals surface area (Å²) in [6, 6.07) is 13.9. The van der Waals surface area contributed by atoms with E-state index < -0.39 is 6.10 Å². The van der Waals surface area contributed by atoms with Crippen molar-refractivity contribution in [1.29, 1.82) is 0 Å². The fourth-order valence-electron chi connectivity index (χ4n) is 2.91. The van der Waals surface area contributed by atoms with E-state index in [1.165, 1.54) is 0 Å². The Labute approximate surface area is 128 Å². The highest BCUT2D eigenvalue weighted by molar-refractivity contribution is 7.10. The summed E-state index contributed by atoms with van der Waals surface area (Å²) >= 11 is 1.61. The van der Waals surface area contributed by atoms with Crippen LogP contribution in [-0.4, -0.2) is 34.6 Å². The number of carbonyl (C=O) groups is 1. The van der Waals surface area contributed by atoms with Crippen LogP contribution in [-0.2, 0) is 17.6 Å². The molecule has 1 saturated heterocycles.